The van der Waals surface area contributed by atoms with Gasteiger partial charge in [-0.1, -0.05) is 30.3 Å². The number of halogens is 1. The number of aryl methyl sites for hydroxylation is 2. The SMILES string of the molecule is Cc1cccc(C)c1OCC(=O)N1CC[C@H](c2nc(N(C)C)ncc2-c2cccc(F)c2)C1. The molecule has 1 aliphatic rings. The lowest BCUT2D eigenvalue weighted by atomic mass is 9.96. The number of carbonyl (C=O) groups excluding carboxylic acids is 1. The molecule has 0 unspecified atom stereocenters. The Hall–Kier alpha value is -3.48. The number of anilines is 1. The zero-order chi connectivity index (χ0) is 23.5. The molecule has 0 N–H and O–H groups in total. The van der Waals surface area contributed by atoms with E-state index < -0.39 is 0 Å². The molecule has 1 amide bonds. The third-order valence-electron chi connectivity index (χ3n) is 6.02. The fourth-order valence-corrected chi connectivity index (χ4v) is 4.25. The average molecular weight is 449 g/mol. The number of aromatic nitrogens is 2. The van der Waals surface area contributed by atoms with Crippen LogP contribution in [0.25, 0.3) is 11.1 Å². The van der Waals surface area contributed by atoms with E-state index in [1.54, 1.807) is 12.3 Å². The van der Waals surface area contributed by atoms with Gasteiger partial charge in [0.1, 0.15) is 11.6 Å². The number of ether oxygens (including phenoxy) is 1. The van der Waals surface area contributed by atoms with Crippen molar-refractivity contribution in [2.45, 2.75) is 26.2 Å². The molecule has 0 bridgehead atoms. The van der Waals surface area contributed by atoms with E-state index >= 15 is 0 Å². The maximum absolute atomic E-state index is 13.9. The smallest absolute Gasteiger partial charge is 0.260 e. The maximum Gasteiger partial charge on any atom is 0.260 e. The molecule has 1 atom stereocenters. The standard InChI is InChI=1S/C26H29FN4O2/c1-17-7-5-8-18(2)25(17)33-16-23(32)31-12-11-20(15-31)24-22(14-28-26(29-24)30(3)4)19-9-6-10-21(27)13-19/h5-10,13-14,20H,11-12,15-16H2,1-4H3/t20-/m0/s1. The lowest BCUT2D eigenvalue weighted by Gasteiger charge is -2.20. The van der Waals surface area contributed by atoms with Crippen molar-refractivity contribution in [3.05, 3.63) is 71.3 Å². The fourth-order valence-electron chi connectivity index (χ4n) is 4.25. The molecule has 1 fully saturated rings. The number of amides is 1. The first kappa shape index (κ1) is 22.7. The van der Waals surface area contributed by atoms with E-state index in [1.807, 2.05) is 62.0 Å². The first-order valence-electron chi connectivity index (χ1n) is 11.1. The molecule has 1 saturated heterocycles. The van der Waals surface area contributed by atoms with Crippen LogP contribution in [-0.4, -0.2) is 54.6 Å². The fraction of sp³-hybridized carbons (Fsp3) is 0.346. The number of carbonyl (C=O) groups is 1. The topological polar surface area (TPSA) is 58.6 Å². The Labute approximate surface area is 194 Å². The number of hydrogen-bond acceptors (Lipinski definition) is 5. The van der Waals surface area contributed by atoms with Crippen molar-refractivity contribution < 1.29 is 13.9 Å². The Balaban J connectivity index is 1.53. The minimum absolute atomic E-state index is 0.00187. The molecule has 0 spiro atoms. The van der Waals surface area contributed by atoms with Crippen LogP contribution in [-0.2, 0) is 4.79 Å². The lowest BCUT2D eigenvalue weighted by Crippen LogP contribution is -2.33. The Bertz CT molecular complexity index is 1140. The number of para-hydroxylation sites is 1. The zero-order valence-corrected chi connectivity index (χ0v) is 19.5. The summed E-state index contributed by atoms with van der Waals surface area (Å²) in [6.45, 7) is 5.13. The van der Waals surface area contributed by atoms with Gasteiger partial charge in [-0.05, 0) is 49.1 Å². The number of benzene rings is 2. The monoisotopic (exact) mass is 448 g/mol. The van der Waals surface area contributed by atoms with Crippen LogP contribution in [0.5, 0.6) is 5.75 Å². The van der Waals surface area contributed by atoms with Gasteiger partial charge in [0.2, 0.25) is 5.95 Å². The quantitative estimate of drug-likeness (QED) is 0.561. The highest BCUT2D eigenvalue weighted by atomic mass is 19.1. The number of rotatable bonds is 6. The second kappa shape index (κ2) is 9.57. The van der Waals surface area contributed by atoms with Crippen LogP contribution in [0.3, 0.4) is 0 Å². The zero-order valence-electron chi connectivity index (χ0n) is 19.5. The molecule has 3 aromatic rings. The average Bonchev–Trinajstić information content (AvgIpc) is 3.28. The molecule has 1 aromatic heterocycles. The summed E-state index contributed by atoms with van der Waals surface area (Å²) in [5, 5.41) is 0. The van der Waals surface area contributed by atoms with Crippen LogP contribution in [0.1, 0.15) is 29.2 Å². The van der Waals surface area contributed by atoms with Crippen LogP contribution in [0, 0.1) is 19.7 Å². The van der Waals surface area contributed by atoms with E-state index in [0.717, 1.165) is 40.1 Å². The van der Waals surface area contributed by atoms with E-state index in [9.17, 15) is 9.18 Å². The molecular weight excluding hydrogens is 419 g/mol. The van der Waals surface area contributed by atoms with Crippen LogP contribution in [0.4, 0.5) is 10.3 Å². The summed E-state index contributed by atoms with van der Waals surface area (Å²) < 4.78 is 19.8. The molecular formula is C26H29FN4O2. The van der Waals surface area contributed by atoms with Crippen LogP contribution >= 0.6 is 0 Å². The Morgan fingerprint density at radius 3 is 2.61 bits per heavy atom. The second-order valence-corrected chi connectivity index (χ2v) is 8.71. The highest BCUT2D eigenvalue weighted by molar-refractivity contribution is 5.78. The number of likely N-dealkylation sites (tertiary alicyclic amines) is 1. The van der Waals surface area contributed by atoms with Gasteiger partial charge in [0.05, 0.1) is 5.69 Å². The Morgan fingerprint density at radius 1 is 1.18 bits per heavy atom. The lowest BCUT2D eigenvalue weighted by molar-refractivity contribution is -0.132. The summed E-state index contributed by atoms with van der Waals surface area (Å²) in [5.74, 6) is 1.04. The molecule has 4 rings (SSSR count). The third-order valence-corrected chi connectivity index (χ3v) is 6.02. The predicted octanol–water partition coefficient (Wildman–Crippen LogP) is 4.36. The van der Waals surface area contributed by atoms with Gasteiger partial charge >= 0.3 is 0 Å². The summed E-state index contributed by atoms with van der Waals surface area (Å²) in [7, 11) is 3.77. The Morgan fingerprint density at radius 2 is 1.91 bits per heavy atom. The van der Waals surface area contributed by atoms with Crippen molar-refractivity contribution in [3.63, 3.8) is 0 Å². The molecule has 7 heteroatoms. The van der Waals surface area contributed by atoms with Gasteiger partial charge < -0.3 is 14.5 Å². The van der Waals surface area contributed by atoms with Crippen molar-refractivity contribution >= 4 is 11.9 Å². The molecule has 2 aromatic carbocycles. The first-order valence-corrected chi connectivity index (χ1v) is 11.1. The molecule has 0 radical (unpaired) electrons. The second-order valence-electron chi connectivity index (χ2n) is 8.71. The van der Waals surface area contributed by atoms with E-state index in [4.69, 9.17) is 9.72 Å². The van der Waals surface area contributed by atoms with E-state index in [-0.39, 0.29) is 24.2 Å². The van der Waals surface area contributed by atoms with Gasteiger partial charge in [-0.3, -0.25) is 4.79 Å². The number of hydrogen-bond donors (Lipinski definition) is 0. The molecule has 33 heavy (non-hydrogen) atoms. The van der Waals surface area contributed by atoms with Crippen LogP contribution in [0.15, 0.2) is 48.7 Å². The minimum atomic E-state index is -0.304. The van der Waals surface area contributed by atoms with Crippen molar-refractivity contribution in [1.29, 1.82) is 0 Å². The summed E-state index contributed by atoms with van der Waals surface area (Å²) in [6.07, 6.45) is 2.53. The molecule has 0 aliphatic carbocycles. The molecule has 6 nitrogen and oxygen atoms in total. The molecule has 1 aliphatic heterocycles. The van der Waals surface area contributed by atoms with Crippen molar-refractivity contribution in [1.82, 2.24) is 14.9 Å². The highest BCUT2D eigenvalue weighted by Gasteiger charge is 2.31. The van der Waals surface area contributed by atoms with Crippen LogP contribution in [0.2, 0.25) is 0 Å². The maximum atomic E-state index is 13.9. The number of nitrogens with zero attached hydrogens (tertiary/aromatic N) is 4. The van der Waals surface area contributed by atoms with E-state index in [2.05, 4.69) is 4.98 Å². The van der Waals surface area contributed by atoms with Gasteiger partial charge in [-0.2, -0.15) is 0 Å². The van der Waals surface area contributed by atoms with Crippen molar-refractivity contribution in [2.75, 3.05) is 38.7 Å². The highest BCUT2D eigenvalue weighted by Crippen LogP contribution is 2.34. The molecule has 172 valence electrons. The summed E-state index contributed by atoms with van der Waals surface area (Å²) >= 11 is 0. The predicted molar refractivity (Wildman–Crippen MR) is 127 cm³/mol. The first-order chi connectivity index (χ1) is 15.8. The molecule has 0 saturated carbocycles. The largest absolute Gasteiger partial charge is 0.483 e. The summed E-state index contributed by atoms with van der Waals surface area (Å²) in [6, 6.07) is 12.4. The van der Waals surface area contributed by atoms with Gasteiger partial charge in [0.25, 0.3) is 5.91 Å². The van der Waals surface area contributed by atoms with Gasteiger partial charge in [-0.15, -0.1) is 0 Å². The third kappa shape index (κ3) is 4.97. The van der Waals surface area contributed by atoms with Crippen molar-refractivity contribution in [3.8, 4) is 16.9 Å². The van der Waals surface area contributed by atoms with Crippen LogP contribution < -0.4 is 9.64 Å². The van der Waals surface area contributed by atoms with Gasteiger partial charge in [0, 0.05) is 44.9 Å². The summed E-state index contributed by atoms with van der Waals surface area (Å²) in [5.41, 5.74) is 4.40. The van der Waals surface area contributed by atoms with Gasteiger partial charge in [-0.25, -0.2) is 14.4 Å². The summed E-state index contributed by atoms with van der Waals surface area (Å²) in [4.78, 5) is 25.8. The minimum Gasteiger partial charge on any atom is -0.483 e. The normalized spacial score (nSPS) is 15.5. The van der Waals surface area contributed by atoms with Crippen molar-refractivity contribution in [2.24, 2.45) is 0 Å². The van der Waals surface area contributed by atoms with Gasteiger partial charge in [0.15, 0.2) is 6.61 Å². The molecule has 2 heterocycles. The Kier molecular flexibility index (Phi) is 6.58. The van der Waals surface area contributed by atoms with E-state index in [0.29, 0.717) is 19.0 Å². The van der Waals surface area contributed by atoms with E-state index in [1.165, 1.54) is 12.1 Å².